The van der Waals surface area contributed by atoms with E-state index in [2.05, 4.69) is 27.0 Å². The van der Waals surface area contributed by atoms with Gasteiger partial charge in [0.2, 0.25) is 0 Å². The van der Waals surface area contributed by atoms with E-state index in [1.165, 1.54) is 11.6 Å². The molecular formula is C19H18FN3. The van der Waals surface area contributed by atoms with Crippen LogP contribution in [-0.4, -0.2) is 23.1 Å². The first-order chi connectivity index (χ1) is 11.3. The highest BCUT2D eigenvalue weighted by atomic mass is 19.1. The Kier molecular flexibility index (Phi) is 3.66. The quantitative estimate of drug-likeness (QED) is 0.712. The molecule has 2 aromatic heterocycles. The first kappa shape index (κ1) is 14.1. The van der Waals surface area contributed by atoms with Gasteiger partial charge in [0.25, 0.3) is 0 Å². The molecule has 116 valence electrons. The van der Waals surface area contributed by atoms with Crippen LogP contribution in [0.3, 0.4) is 0 Å². The summed E-state index contributed by atoms with van der Waals surface area (Å²) in [7, 11) is 0. The summed E-state index contributed by atoms with van der Waals surface area (Å²) in [5, 5.41) is 1.93. The molecule has 0 radical (unpaired) electrons. The standard InChI is InChI=1S/C19H18FN3/c20-17-1-2-18-16(13-17)5-10-22-19(18)23-11-6-15(7-12-23)14-3-8-21-9-4-14/h1-5,8-10,13,15H,6-7,11-12H2. The smallest absolute Gasteiger partial charge is 0.136 e. The van der Waals surface area contributed by atoms with Crippen molar-refractivity contribution in [1.82, 2.24) is 9.97 Å². The van der Waals surface area contributed by atoms with Crippen LogP contribution < -0.4 is 4.90 Å². The van der Waals surface area contributed by atoms with E-state index in [1.807, 2.05) is 24.5 Å². The largest absolute Gasteiger partial charge is 0.356 e. The van der Waals surface area contributed by atoms with Crippen molar-refractivity contribution in [1.29, 1.82) is 0 Å². The molecule has 4 rings (SSSR count). The molecule has 1 aliphatic rings. The maximum Gasteiger partial charge on any atom is 0.136 e. The minimum Gasteiger partial charge on any atom is -0.356 e. The van der Waals surface area contributed by atoms with Crippen LogP contribution in [0, 0.1) is 5.82 Å². The zero-order valence-corrected chi connectivity index (χ0v) is 12.8. The Morgan fingerprint density at radius 1 is 0.957 bits per heavy atom. The van der Waals surface area contributed by atoms with Crippen LogP contribution in [0.1, 0.15) is 24.3 Å². The molecule has 3 heterocycles. The van der Waals surface area contributed by atoms with E-state index < -0.39 is 0 Å². The van der Waals surface area contributed by atoms with Crippen LogP contribution in [-0.2, 0) is 0 Å². The number of rotatable bonds is 2. The fraction of sp³-hybridized carbons (Fsp3) is 0.263. The predicted octanol–water partition coefficient (Wildman–Crippen LogP) is 4.15. The fourth-order valence-corrected chi connectivity index (χ4v) is 3.45. The highest BCUT2D eigenvalue weighted by molar-refractivity contribution is 5.92. The summed E-state index contributed by atoms with van der Waals surface area (Å²) in [6.07, 6.45) is 7.70. The number of nitrogens with zero attached hydrogens (tertiary/aromatic N) is 3. The maximum atomic E-state index is 13.4. The van der Waals surface area contributed by atoms with Crippen molar-refractivity contribution in [3.8, 4) is 0 Å². The minimum absolute atomic E-state index is 0.203. The van der Waals surface area contributed by atoms with Crippen molar-refractivity contribution in [2.75, 3.05) is 18.0 Å². The third-order valence-electron chi connectivity index (χ3n) is 4.68. The van der Waals surface area contributed by atoms with E-state index in [0.717, 1.165) is 42.5 Å². The molecule has 0 unspecified atom stereocenters. The Hall–Kier alpha value is -2.49. The van der Waals surface area contributed by atoms with Gasteiger partial charge in [-0.25, -0.2) is 9.37 Å². The molecule has 0 amide bonds. The summed E-state index contributed by atoms with van der Waals surface area (Å²) in [5.41, 5.74) is 1.37. The monoisotopic (exact) mass is 307 g/mol. The van der Waals surface area contributed by atoms with Gasteiger partial charge in [-0.2, -0.15) is 0 Å². The number of pyridine rings is 2. The lowest BCUT2D eigenvalue weighted by Gasteiger charge is -2.33. The zero-order chi connectivity index (χ0) is 15.6. The third-order valence-corrected chi connectivity index (χ3v) is 4.68. The van der Waals surface area contributed by atoms with E-state index in [1.54, 1.807) is 12.3 Å². The lowest BCUT2D eigenvalue weighted by molar-refractivity contribution is 0.503. The number of fused-ring (bicyclic) bond motifs is 1. The van der Waals surface area contributed by atoms with E-state index in [-0.39, 0.29) is 5.82 Å². The molecule has 1 aromatic carbocycles. The fourth-order valence-electron chi connectivity index (χ4n) is 3.45. The van der Waals surface area contributed by atoms with Crippen LogP contribution in [0.15, 0.2) is 55.0 Å². The van der Waals surface area contributed by atoms with Crippen molar-refractivity contribution in [2.24, 2.45) is 0 Å². The lowest BCUT2D eigenvalue weighted by Crippen LogP contribution is -2.33. The molecule has 1 aliphatic heterocycles. The molecule has 1 fully saturated rings. The molecule has 3 nitrogen and oxygen atoms in total. The van der Waals surface area contributed by atoms with Crippen LogP contribution >= 0.6 is 0 Å². The second kappa shape index (κ2) is 5.95. The summed E-state index contributed by atoms with van der Waals surface area (Å²) in [4.78, 5) is 11.0. The molecular weight excluding hydrogens is 289 g/mol. The summed E-state index contributed by atoms with van der Waals surface area (Å²) in [6, 6.07) is 11.0. The summed E-state index contributed by atoms with van der Waals surface area (Å²) in [5.74, 6) is 1.35. The van der Waals surface area contributed by atoms with Crippen LogP contribution in [0.4, 0.5) is 10.2 Å². The van der Waals surface area contributed by atoms with Crippen molar-refractivity contribution in [2.45, 2.75) is 18.8 Å². The minimum atomic E-state index is -0.203. The first-order valence-corrected chi connectivity index (χ1v) is 8.00. The van der Waals surface area contributed by atoms with E-state index in [9.17, 15) is 4.39 Å². The van der Waals surface area contributed by atoms with Crippen molar-refractivity contribution in [3.63, 3.8) is 0 Å². The Labute approximate surface area is 134 Å². The highest BCUT2D eigenvalue weighted by Gasteiger charge is 2.22. The average molecular weight is 307 g/mol. The van der Waals surface area contributed by atoms with Gasteiger partial charge in [-0.1, -0.05) is 0 Å². The molecule has 23 heavy (non-hydrogen) atoms. The second-order valence-corrected chi connectivity index (χ2v) is 6.04. The van der Waals surface area contributed by atoms with Gasteiger partial charge in [0.05, 0.1) is 0 Å². The molecule has 0 saturated carbocycles. The zero-order valence-electron chi connectivity index (χ0n) is 12.8. The number of benzene rings is 1. The molecule has 4 heteroatoms. The van der Waals surface area contributed by atoms with Gasteiger partial charge in [-0.05, 0) is 66.1 Å². The normalized spacial score (nSPS) is 16.0. The van der Waals surface area contributed by atoms with E-state index >= 15 is 0 Å². The van der Waals surface area contributed by atoms with E-state index in [0.29, 0.717) is 5.92 Å². The first-order valence-electron chi connectivity index (χ1n) is 8.00. The summed E-state index contributed by atoms with van der Waals surface area (Å²) in [6.45, 7) is 1.94. The molecule has 3 aromatic rings. The number of halogens is 1. The number of anilines is 1. The summed E-state index contributed by atoms with van der Waals surface area (Å²) >= 11 is 0. The van der Waals surface area contributed by atoms with Gasteiger partial charge in [0.15, 0.2) is 0 Å². The van der Waals surface area contributed by atoms with Gasteiger partial charge in [0, 0.05) is 37.1 Å². The molecule has 0 aliphatic carbocycles. The lowest BCUT2D eigenvalue weighted by atomic mass is 9.90. The van der Waals surface area contributed by atoms with Gasteiger partial charge >= 0.3 is 0 Å². The highest BCUT2D eigenvalue weighted by Crippen LogP contribution is 2.32. The third kappa shape index (κ3) is 2.77. The average Bonchev–Trinajstić information content (AvgIpc) is 2.62. The Morgan fingerprint density at radius 3 is 2.52 bits per heavy atom. The summed E-state index contributed by atoms with van der Waals surface area (Å²) < 4.78 is 13.4. The van der Waals surface area contributed by atoms with Crippen molar-refractivity contribution in [3.05, 3.63) is 66.4 Å². The van der Waals surface area contributed by atoms with Crippen LogP contribution in [0.2, 0.25) is 0 Å². The van der Waals surface area contributed by atoms with Crippen LogP contribution in [0.5, 0.6) is 0 Å². The Morgan fingerprint density at radius 2 is 1.74 bits per heavy atom. The molecule has 0 spiro atoms. The number of piperidine rings is 1. The molecule has 0 atom stereocenters. The van der Waals surface area contributed by atoms with Gasteiger partial charge < -0.3 is 4.90 Å². The maximum absolute atomic E-state index is 13.4. The van der Waals surface area contributed by atoms with Crippen LogP contribution in [0.25, 0.3) is 10.8 Å². The van der Waals surface area contributed by atoms with Crippen molar-refractivity contribution >= 4 is 16.6 Å². The Bertz CT molecular complexity index is 811. The molecule has 0 bridgehead atoms. The SMILES string of the molecule is Fc1ccc2c(N3CCC(c4ccncc4)CC3)nccc2c1. The number of hydrogen-bond acceptors (Lipinski definition) is 3. The van der Waals surface area contributed by atoms with Gasteiger partial charge in [-0.3, -0.25) is 4.98 Å². The van der Waals surface area contributed by atoms with Crippen molar-refractivity contribution < 1.29 is 4.39 Å². The van der Waals surface area contributed by atoms with Gasteiger partial charge in [0.1, 0.15) is 11.6 Å². The molecule has 0 N–H and O–H groups in total. The number of aromatic nitrogens is 2. The topological polar surface area (TPSA) is 29.0 Å². The van der Waals surface area contributed by atoms with E-state index in [4.69, 9.17) is 0 Å². The predicted molar refractivity (Wildman–Crippen MR) is 90.1 cm³/mol. The molecule has 1 saturated heterocycles. The Balaban J connectivity index is 1.57. The second-order valence-electron chi connectivity index (χ2n) is 6.04. The number of hydrogen-bond donors (Lipinski definition) is 0. The van der Waals surface area contributed by atoms with Gasteiger partial charge in [-0.15, -0.1) is 0 Å².